The predicted octanol–water partition coefficient (Wildman–Crippen LogP) is 1.71. The van der Waals surface area contributed by atoms with Crippen molar-refractivity contribution in [3.63, 3.8) is 0 Å². The van der Waals surface area contributed by atoms with Crippen molar-refractivity contribution in [1.82, 2.24) is 4.90 Å². The SMILES string of the molecule is O=C(O)N1Cc2ccccc2NC1=O. The number of amides is 3. The molecule has 1 aliphatic rings. The van der Waals surface area contributed by atoms with Gasteiger partial charge in [-0.05, 0) is 11.6 Å². The fourth-order valence-corrected chi connectivity index (χ4v) is 1.36. The number of carbonyl (C=O) groups is 2. The highest BCUT2D eigenvalue weighted by molar-refractivity contribution is 6.00. The highest BCUT2D eigenvalue weighted by Crippen LogP contribution is 2.22. The van der Waals surface area contributed by atoms with Crippen LogP contribution in [-0.4, -0.2) is 22.1 Å². The Labute approximate surface area is 79.9 Å². The Hall–Kier alpha value is -2.04. The summed E-state index contributed by atoms with van der Waals surface area (Å²) in [6.45, 7) is 0.108. The molecule has 1 heterocycles. The first-order chi connectivity index (χ1) is 6.68. The molecule has 72 valence electrons. The van der Waals surface area contributed by atoms with Crippen LogP contribution in [0.2, 0.25) is 0 Å². The molecule has 0 aromatic heterocycles. The van der Waals surface area contributed by atoms with Crippen molar-refractivity contribution in [3.05, 3.63) is 29.8 Å². The summed E-state index contributed by atoms with van der Waals surface area (Å²) in [6, 6.07) is 6.51. The molecule has 0 bridgehead atoms. The van der Waals surface area contributed by atoms with Crippen LogP contribution in [0.3, 0.4) is 0 Å². The van der Waals surface area contributed by atoms with Gasteiger partial charge in [-0.1, -0.05) is 18.2 Å². The van der Waals surface area contributed by atoms with Crippen molar-refractivity contribution in [2.24, 2.45) is 0 Å². The van der Waals surface area contributed by atoms with Crippen LogP contribution in [0.25, 0.3) is 0 Å². The van der Waals surface area contributed by atoms with Gasteiger partial charge >= 0.3 is 12.1 Å². The molecule has 1 aliphatic heterocycles. The number of rotatable bonds is 0. The Morgan fingerprint density at radius 3 is 2.86 bits per heavy atom. The number of carboxylic acid groups (broad SMARTS) is 1. The van der Waals surface area contributed by atoms with Crippen LogP contribution < -0.4 is 5.32 Å². The maximum atomic E-state index is 11.2. The zero-order valence-corrected chi connectivity index (χ0v) is 7.23. The third kappa shape index (κ3) is 1.28. The lowest BCUT2D eigenvalue weighted by atomic mass is 10.1. The minimum Gasteiger partial charge on any atom is -0.465 e. The number of para-hydroxylation sites is 1. The number of nitrogens with one attached hydrogen (secondary N) is 1. The molecule has 5 nitrogen and oxygen atoms in total. The lowest BCUT2D eigenvalue weighted by molar-refractivity contribution is 0.149. The quantitative estimate of drug-likeness (QED) is 0.657. The second kappa shape index (κ2) is 3.02. The van der Waals surface area contributed by atoms with Crippen LogP contribution in [-0.2, 0) is 6.54 Å². The summed E-state index contributed by atoms with van der Waals surface area (Å²) in [4.78, 5) is 22.6. The first-order valence-corrected chi connectivity index (χ1v) is 4.08. The molecule has 0 radical (unpaired) electrons. The fraction of sp³-hybridized carbons (Fsp3) is 0.111. The van der Waals surface area contributed by atoms with E-state index < -0.39 is 12.1 Å². The highest BCUT2D eigenvalue weighted by atomic mass is 16.4. The van der Waals surface area contributed by atoms with Crippen molar-refractivity contribution in [3.8, 4) is 0 Å². The summed E-state index contributed by atoms with van der Waals surface area (Å²) < 4.78 is 0. The van der Waals surface area contributed by atoms with E-state index in [1.807, 2.05) is 0 Å². The lowest BCUT2D eigenvalue weighted by Gasteiger charge is -2.25. The number of hydrogen-bond acceptors (Lipinski definition) is 2. The molecule has 0 saturated carbocycles. The van der Waals surface area contributed by atoms with Gasteiger partial charge < -0.3 is 10.4 Å². The maximum absolute atomic E-state index is 11.2. The van der Waals surface area contributed by atoms with E-state index in [-0.39, 0.29) is 6.54 Å². The van der Waals surface area contributed by atoms with Crippen LogP contribution in [0.4, 0.5) is 15.3 Å². The molecule has 2 rings (SSSR count). The van der Waals surface area contributed by atoms with Crippen molar-refractivity contribution in [1.29, 1.82) is 0 Å². The standard InChI is InChI=1S/C9H8N2O3/c12-8-10-7-4-2-1-3-6(7)5-11(8)9(13)14/h1-4H,5H2,(H,10,12)(H,13,14). The smallest absolute Gasteiger partial charge is 0.415 e. The van der Waals surface area contributed by atoms with Gasteiger partial charge in [0.1, 0.15) is 0 Å². The zero-order valence-electron chi connectivity index (χ0n) is 7.23. The summed E-state index contributed by atoms with van der Waals surface area (Å²) in [5, 5.41) is 11.2. The molecule has 0 fully saturated rings. The third-order valence-electron chi connectivity index (χ3n) is 2.06. The predicted molar refractivity (Wildman–Crippen MR) is 49.0 cm³/mol. The van der Waals surface area contributed by atoms with Crippen LogP contribution in [0.15, 0.2) is 24.3 Å². The first-order valence-electron chi connectivity index (χ1n) is 4.08. The number of imide groups is 1. The number of nitrogens with zero attached hydrogens (tertiary/aromatic N) is 1. The van der Waals surface area contributed by atoms with Crippen LogP contribution in [0, 0.1) is 0 Å². The average molecular weight is 192 g/mol. The second-order valence-electron chi connectivity index (χ2n) is 2.96. The van der Waals surface area contributed by atoms with Gasteiger partial charge in [-0.25, -0.2) is 14.5 Å². The minimum atomic E-state index is -1.24. The normalized spacial score (nSPS) is 14.6. The van der Waals surface area contributed by atoms with Crippen molar-refractivity contribution in [2.45, 2.75) is 6.54 Å². The van der Waals surface area contributed by atoms with E-state index >= 15 is 0 Å². The number of fused-ring (bicyclic) bond motifs is 1. The zero-order chi connectivity index (χ0) is 10.1. The third-order valence-corrected chi connectivity index (χ3v) is 2.06. The Morgan fingerprint density at radius 1 is 1.43 bits per heavy atom. The van der Waals surface area contributed by atoms with Crippen LogP contribution >= 0.6 is 0 Å². The molecule has 0 atom stereocenters. The van der Waals surface area contributed by atoms with Crippen molar-refractivity contribution in [2.75, 3.05) is 5.32 Å². The summed E-state index contributed by atoms with van der Waals surface area (Å²) in [5.74, 6) is 0. The Balaban J connectivity index is 2.36. The molecular formula is C9H8N2O3. The fourth-order valence-electron chi connectivity index (χ4n) is 1.36. The van der Waals surface area contributed by atoms with E-state index in [9.17, 15) is 9.59 Å². The minimum absolute atomic E-state index is 0.108. The molecule has 0 unspecified atom stereocenters. The summed E-state index contributed by atoms with van der Waals surface area (Å²) >= 11 is 0. The first kappa shape index (κ1) is 8.55. The van der Waals surface area contributed by atoms with E-state index in [0.717, 1.165) is 10.5 Å². The number of anilines is 1. The van der Waals surface area contributed by atoms with Gasteiger partial charge in [-0.2, -0.15) is 0 Å². The molecule has 5 heteroatoms. The van der Waals surface area contributed by atoms with E-state index in [4.69, 9.17) is 5.11 Å². The molecular weight excluding hydrogens is 184 g/mol. The molecule has 3 amide bonds. The number of carbonyl (C=O) groups excluding carboxylic acids is 1. The summed E-state index contributed by atoms with van der Waals surface area (Å²) in [5.41, 5.74) is 1.48. The van der Waals surface area contributed by atoms with E-state index in [0.29, 0.717) is 5.69 Å². The summed E-state index contributed by atoms with van der Waals surface area (Å²) in [6.07, 6.45) is -1.24. The van der Waals surface area contributed by atoms with Gasteiger partial charge in [0, 0.05) is 5.69 Å². The van der Waals surface area contributed by atoms with Crippen molar-refractivity contribution < 1.29 is 14.7 Å². The molecule has 0 aliphatic carbocycles. The van der Waals surface area contributed by atoms with Gasteiger partial charge in [-0.15, -0.1) is 0 Å². The second-order valence-corrected chi connectivity index (χ2v) is 2.96. The van der Waals surface area contributed by atoms with Crippen LogP contribution in [0.5, 0.6) is 0 Å². The van der Waals surface area contributed by atoms with E-state index in [1.165, 1.54) is 0 Å². The number of urea groups is 1. The summed E-state index contributed by atoms with van der Waals surface area (Å²) in [7, 11) is 0. The van der Waals surface area contributed by atoms with Gasteiger partial charge in [0.25, 0.3) is 0 Å². The maximum Gasteiger partial charge on any atom is 0.415 e. The number of benzene rings is 1. The molecule has 0 spiro atoms. The molecule has 14 heavy (non-hydrogen) atoms. The molecule has 2 N–H and O–H groups in total. The highest BCUT2D eigenvalue weighted by Gasteiger charge is 2.26. The van der Waals surface area contributed by atoms with Gasteiger partial charge in [-0.3, -0.25) is 0 Å². The largest absolute Gasteiger partial charge is 0.465 e. The molecule has 1 aromatic rings. The lowest BCUT2D eigenvalue weighted by Crippen LogP contribution is -2.41. The monoisotopic (exact) mass is 192 g/mol. The van der Waals surface area contributed by atoms with Crippen LogP contribution in [0.1, 0.15) is 5.56 Å². The number of hydrogen-bond donors (Lipinski definition) is 2. The molecule has 1 aromatic carbocycles. The Bertz CT molecular complexity index is 403. The van der Waals surface area contributed by atoms with Crippen molar-refractivity contribution >= 4 is 17.8 Å². The Morgan fingerprint density at radius 2 is 2.14 bits per heavy atom. The van der Waals surface area contributed by atoms with Gasteiger partial charge in [0.05, 0.1) is 6.54 Å². The topological polar surface area (TPSA) is 69.6 Å². The van der Waals surface area contributed by atoms with Gasteiger partial charge in [0.15, 0.2) is 0 Å². The van der Waals surface area contributed by atoms with E-state index in [2.05, 4.69) is 5.32 Å². The Kier molecular flexibility index (Phi) is 1.85. The average Bonchev–Trinajstić information content (AvgIpc) is 2.16. The molecule has 0 saturated heterocycles. The van der Waals surface area contributed by atoms with Gasteiger partial charge in [0.2, 0.25) is 0 Å². The van der Waals surface area contributed by atoms with E-state index in [1.54, 1.807) is 24.3 Å².